The van der Waals surface area contributed by atoms with Gasteiger partial charge in [0.1, 0.15) is 11.3 Å². The Morgan fingerprint density at radius 2 is 1.86 bits per heavy atom. The van der Waals surface area contributed by atoms with E-state index in [9.17, 15) is 9.59 Å². The highest BCUT2D eigenvalue weighted by Crippen LogP contribution is 2.29. The van der Waals surface area contributed by atoms with Crippen molar-refractivity contribution in [2.75, 3.05) is 5.32 Å². The van der Waals surface area contributed by atoms with Gasteiger partial charge in [0.25, 0.3) is 5.91 Å². The lowest BCUT2D eigenvalue weighted by molar-refractivity contribution is 0.0692. The van der Waals surface area contributed by atoms with Gasteiger partial charge in [0.05, 0.1) is 6.20 Å². The van der Waals surface area contributed by atoms with Crippen LogP contribution in [0.4, 0.5) is 5.69 Å². The summed E-state index contributed by atoms with van der Waals surface area (Å²) in [5.74, 6) is -1.67. The Morgan fingerprint density at radius 3 is 2.45 bits per heavy atom. The molecule has 0 radical (unpaired) electrons. The average molecular weight is 301 g/mol. The average Bonchev–Trinajstić information content (AvgIpc) is 2.80. The molecule has 0 atom stereocenters. The van der Waals surface area contributed by atoms with Gasteiger partial charge >= 0.3 is 5.97 Å². The zero-order chi connectivity index (χ0) is 16.5. The summed E-state index contributed by atoms with van der Waals surface area (Å²) < 4.78 is 1.26. The fourth-order valence-corrected chi connectivity index (χ4v) is 2.29. The summed E-state index contributed by atoms with van der Waals surface area (Å²) in [7, 11) is 1.54. The number of hydrogen-bond donors (Lipinski definition) is 2. The minimum atomic E-state index is -1.18. The topological polar surface area (TPSA) is 84.2 Å². The van der Waals surface area contributed by atoms with Crippen LogP contribution in [0.2, 0.25) is 0 Å². The van der Waals surface area contributed by atoms with E-state index in [-0.39, 0.29) is 16.7 Å². The van der Waals surface area contributed by atoms with Crippen molar-refractivity contribution in [3.63, 3.8) is 0 Å². The van der Waals surface area contributed by atoms with Crippen LogP contribution in [0.5, 0.6) is 0 Å². The van der Waals surface area contributed by atoms with E-state index >= 15 is 0 Å². The van der Waals surface area contributed by atoms with Gasteiger partial charge in [-0.2, -0.15) is 5.10 Å². The number of aromatic carboxylic acids is 1. The van der Waals surface area contributed by atoms with Crippen molar-refractivity contribution in [2.45, 2.75) is 26.2 Å². The zero-order valence-electron chi connectivity index (χ0n) is 13.0. The molecule has 2 rings (SSSR count). The first-order chi connectivity index (χ1) is 10.2. The lowest BCUT2D eigenvalue weighted by Gasteiger charge is -2.23. The van der Waals surface area contributed by atoms with Gasteiger partial charge in [-0.05, 0) is 17.0 Å². The molecular formula is C16H19N3O3. The molecule has 22 heavy (non-hydrogen) atoms. The number of benzene rings is 1. The molecule has 1 amide bonds. The predicted molar refractivity (Wildman–Crippen MR) is 83.3 cm³/mol. The van der Waals surface area contributed by atoms with Gasteiger partial charge in [-0.3, -0.25) is 9.48 Å². The number of rotatable bonds is 3. The van der Waals surface area contributed by atoms with Crippen molar-refractivity contribution in [3.05, 3.63) is 47.3 Å². The van der Waals surface area contributed by atoms with Crippen LogP contribution in [-0.2, 0) is 12.5 Å². The number of anilines is 1. The first kappa shape index (κ1) is 15.8. The van der Waals surface area contributed by atoms with E-state index in [0.29, 0.717) is 5.69 Å². The quantitative estimate of drug-likeness (QED) is 0.913. The van der Waals surface area contributed by atoms with E-state index in [1.807, 2.05) is 39.0 Å². The van der Waals surface area contributed by atoms with Crippen molar-refractivity contribution < 1.29 is 14.7 Å². The number of nitrogens with one attached hydrogen (secondary N) is 1. The maximum Gasteiger partial charge on any atom is 0.339 e. The SMILES string of the molecule is Cn1ncc(C(=O)O)c1C(=O)Nc1ccccc1C(C)(C)C. The van der Waals surface area contributed by atoms with Gasteiger partial charge in [0.2, 0.25) is 0 Å². The Kier molecular flexibility index (Phi) is 4.03. The van der Waals surface area contributed by atoms with Crippen molar-refractivity contribution in [1.29, 1.82) is 0 Å². The van der Waals surface area contributed by atoms with Gasteiger partial charge < -0.3 is 10.4 Å². The Balaban J connectivity index is 2.39. The second kappa shape index (κ2) is 5.63. The molecule has 0 saturated carbocycles. The molecule has 1 aromatic carbocycles. The lowest BCUT2D eigenvalue weighted by atomic mass is 9.86. The Bertz CT molecular complexity index is 726. The van der Waals surface area contributed by atoms with E-state index in [2.05, 4.69) is 10.4 Å². The third kappa shape index (κ3) is 3.00. The zero-order valence-corrected chi connectivity index (χ0v) is 13.0. The van der Waals surface area contributed by atoms with Crippen LogP contribution in [0.15, 0.2) is 30.5 Å². The molecule has 0 aliphatic heterocycles. The number of carbonyl (C=O) groups is 2. The molecule has 0 aliphatic rings. The first-order valence-corrected chi connectivity index (χ1v) is 6.88. The van der Waals surface area contributed by atoms with Gasteiger partial charge in [0.15, 0.2) is 0 Å². The molecule has 0 bridgehead atoms. The number of hydrogen-bond acceptors (Lipinski definition) is 3. The summed E-state index contributed by atoms with van der Waals surface area (Å²) in [5, 5.41) is 15.8. The Labute approximate surface area is 128 Å². The van der Waals surface area contributed by atoms with E-state index < -0.39 is 11.9 Å². The molecule has 116 valence electrons. The Morgan fingerprint density at radius 1 is 1.23 bits per heavy atom. The van der Waals surface area contributed by atoms with Gasteiger partial charge in [-0.25, -0.2) is 4.79 Å². The highest BCUT2D eigenvalue weighted by atomic mass is 16.4. The summed E-state index contributed by atoms with van der Waals surface area (Å²) in [6, 6.07) is 7.47. The number of aryl methyl sites for hydroxylation is 1. The van der Waals surface area contributed by atoms with Gasteiger partial charge in [-0.1, -0.05) is 39.0 Å². The van der Waals surface area contributed by atoms with E-state index in [1.54, 1.807) is 6.07 Å². The van der Waals surface area contributed by atoms with Crippen molar-refractivity contribution in [1.82, 2.24) is 9.78 Å². The van der Waals surface area contributed by atoms with Crippen molar-refractivity contribution in [2.24, 2.45) is 7.05 Å². The van der Waals surface area contributed by atoms with Crippen LogP contribution in [0.3, 0.4) is 0 Å². The fraction of sp³-hybridized carbons (Fsp3) is 0.312. The number of carboxylic acid groups (broad SMARTS) is 1. The second-order valence-electron chi connectivity index (χ2n) is 6.09. The third-order valence-corrected chi connectivity index (χ3v) is 3.37. The Hall–Kier alpha value is -2.63. The van der Waals surface area contributed by atoms with Crippen LogP contribution in [0.1, 0.15) is 47.2 Å². The molecule has 2 N–H and O–H groups in total. The fourth-order valence-electron chi connectivity index (χ4n) is 2.29. The smallest absolute Gasteiger partial charge is 0.339 e. The number of amides is 1. The molecule has 1 heterocycles. The monoisotopic (exact) mass is 301 g/mol. The minimum absolute atomic E-state index is 0.0243. The molecule has 0 fully saturated rings. The number of aromatic nitrogens is 2. The van der Waals surface area contributed by atoms with Crippen LogP contribution in [0.25, 0.3) is 0 Å². The van der Waals surface area contributed by atoms with Crippen LogP contribution in [0, 0.1) is 0 Å². The second-order valence-corrected chi connectivity index (χ2v) is 6.09. The summed E-state index contributed by atoms with van der Waals surface area (Å²) >= 11 is 0. The summed E-state index contributed by atoms with van der Waals surface area (Å²) in [4.78, 5) is 23.7. The molecule has 6 nitrogen and oxygen atoms in total. The maximum absolute atomic E-state index is 12.5. The molecule has 0 unspecified atom stereocenters. The molecule has 0 saturated heterocycles. The third-order valence-electron chi connectivity index (χ3n) is 3.37. The largest absolute Gasteiger partial charge is 0.478 e. The number of carbonyl (C=O) groups excluding carboxylic acids is 1. The summed E-state index contributed by atoms with van der Waals surface area (Å²) in [6.07, 6.45) is 1.17. The lowest BCUT2D eigenvalue weighted by Crippen LogP contribution is -2.22. The number of nitrogens with zero attached hydrogens (tertiary/aromatic N) is 2. The van der Waals surface area contributed by atoms with E-state index in [0.717, 1.165) is 5.56 Å². The molecular weight excluding hydrogens is 282 g/mol. The number of carboxylic acids is 1. The normalized spacial score (nSPS) is 11.3. The van der Waals surface area contributed by atoms with Crippen LogP contribution in [-0.4, -0.2) is 26.8 Å². The van der Waals surface area contributed by atoms with Crippen LogP contribution < -0.4 is 5.32 Å². The van der Waals surface area contributed by atoms with Gasteiger partial charge in [-0.15, -0.1) is 0 Å². The standard InChI is InChI=1S/C16H19N3O3/c1-16(2,3)11-7-5-6-8-12(11)18-14(20)13-10(15(21)22)9-17-19(13)4/h5-9H,1-4H3,(H,18,20)(H,21,22). The first-order valence-electron chi connectivity index (χ1n) is 6.88. The highest BCUT2D eigenvalue weighted by molar-refractivity contribution is 6.09. The molecule has 0 aliphatic carbocycles. The molecule has 6 heteroatoms. The minimum Gasteiger partial charge on any atom is -0.478 e. The van der Waals surface area contributed by atoms with Crippen LogP contribution >= 0.6 is 0 Å². The molecule has 2 aromatic rings. The summed E-state index contributed by atoms with van der Waals surface area (Å²) in [5.41, 5.74) is 1.40. The van der Waals surface area contributed by atoms with Crippen molar-refractivity contribution >= 4 is 17.6 Å². The predicted octanol–water partition coefficient (Wildman–Crippen LogP) is 2.67. The number of para-hydroxylation sites is 1. The highest BCUT2D eigenvalue weighted by Gasteiger charge is 2.24. The molecule has 1 aromatic heterocycles. The molecule has 0 spiro atoms. The summed E-state index contributed by atoms with van der Waals surface area (Å²) in [6.45, 7) is 6.14. The van der Waals surface area contributed by atoms with Crippen molar-refractivity contribution in [3.8, 4) is 0 Å². The maximum atomic E-state index is 12.5. The van der Waals surface area contributed by atoms with Gasteiger partial charge in [0, 0.05) is 12.7 Å². The van der Waals surface area contributed by atoms with E-state index in [1.165, 1.54) is 17.9 Å². The van der Waals surface area contributed by atoms with E-state index in [4.69, 9.17) is 5.11 Å².